The SMILES string of the molecule is CCc1ccc2nc(NCCN(C)C)sc2c1. The average Bonchev–Trinajstić information content (AvgIpc) is 2.69. The highest BCUT2D eigenvalue weighted by molar-refractivity contribution is 7.22. The third kappa shape index (κ3) is 3.17. The third-order valence-electron chi connectivity index (χ3n) is 2.70. The molecule has 0 amide bonds. The van der Waals surface area contributed by atoms with Gasteiger partial charge in [0.2, 0.25) is 0 Å². The summed E-state index contributed by atoms with van der Waals surface area (Å²) in [6.07, 6.45) is 1.08. The van der Waals surface area contributed by atoms with E-state index in [1.807, 2.05) is 0 Å². The fraction of sp³-hybridized carbons (Fsp3) is 0.462. The number of nitrogens with one attached hydrogen (secondary N) is 1. The summed E-state index contributed by atoms with van der Waals surface area (Å²) in [4.78, 5) is 6.74. The van der Waals surface area contributed by atoms with Crippen LogP contribution in [0, 0.1) is 0 Å². The van der Waals surface area contributed by atoms with Gasteiger partial charge in [-0.1, -0.05) is 24.3 Å². The number of anilines is 1. The van der Waals surface area contributed by atoms with E-state index >= 15 is 0 Å². The second-order valence-corrected chi connectivity index (χ2v) is 5.44. The van der Waals surface area contributed by atoms with Gasteiger partial charge in [-0.25, -0.2) is 4.98 Å². The molecule has 2 aromatic rings. The summed E-state index contributed by atoms with van der Waals surface area (Å²) in [5.74, 6) is 0. The molecule has 1 aromatic carbocycles. The van der Waals surface area contributed by atoms with Crippen LogP contribution in [0.2, 0.25) is 0 Å². The van der Waals surface area contributed by atoms with Gasteiger partial charge in [-0.05, 0) is 38.2 Å². The summed E-state index contributed by atoms with van der Waals surface area (Å²) in [7, 11) is 4.15. The number of hydrogen-bond acceptors (Lipinski definition) is 4. The van der Waals surface area contributed by atoms with Gasteiger partial charge in [0.1, 0.15) is 0 Å². The molecule has 0 radical (unpaired) electrons. The van der Waals surface area contributed by atoms with Crippen LogP contribution in [0.5, 0.6) is 0 Å². The van der Waals surface area contributed by atoms with Crippen molar-refractivity contribution in [1.82, 2.24) is 9.88 Å². The maximum Gasteiger partial charge on any atom is 0.183 e. The monoisotopic (exact) mass is 249 g/mol. The Hall–Kier alpha value is -1.13. The summed E-state index contributed by atoms with van der Waals surface area (Å²) in [5, 5.41) is 4.39. The molecule has 0 aliphatic rings. The predicted octanol–water partition coefficient (Wildman–Crippen LogP) is 2.83. The molecule has 0 aliphatic heterocycles. The second kappa shape index (κ2) is 5.47. The van der Waals surface area contributed by atoms with Crippen molar-refractivity contribution >= 4 is 26.7 Å². The van der Waals surface area contributed by atoms with Gasteiger partial charge in [0.05, 0.1) is 10.2 Å². The van der Waals surface area contributed by atoms with Crippen molar-refractivity contribution in [3.63, 3.8) is 0 Å². The largest absolute Gasteiger partial charge is 0.360 e. The van der Waals surface area contributed by atoms with Gasteiger partial charge < -0.3 is 10.2 Å². The topological polar surface area (TPSA) is 28.2 Å². The number of likely N-dealkylation sites (N-methyl/N-ethyl adjacent to an activating group) is 1. The first-order valence-electron chi connectivity index (χ1n) is 5.97. The number of rotatable bonds is 5. The van der Waals surface area contributed by atoms with Crippen LogP contribution in [0.1, 0.15) is 12.5 Å². The van der Waals surface area contributed by atoms with E-state index in [1.165, 1.54) is 10.3 Å². The maximum atomic E-state index is 4.57. The van der Waals surface area contributed by atoms with Gasteiger partial charge in [-0.3, -0.25) is 0 Å². The molecule has 0 atom stereocenters. The van der Waals surface area contributed by atoms with Crippen molar-refractivity contribution in [2.24, 2.45) is 0 Å². The minimum absolute atomic E-state index is 0.938. The van der Waals surface area contributed by atoms with Crippen molar-refractivity contribution in [3.8, 4) is 0 Å². The molecular formula is C13H19N3S. The number of fused-ring (bicyclic) bond motifs is 1. The lowest BCUT2D eigenvalue weighted by molar-refractivity contribution is 0.425. The summed E-state index contributed by atoms with van der Waals surface area (Å²) in [5.41, 5.74) is 2.47. The summed E-state index contributed by atoms with van der Waals surface area (Å²) in [6, 6.07) is 6.51. The predicted molar refractivity (Wildman–Crippen MR) is 76.0 cm³/mol. The number of nitrogens with zero attached hydrogens (tertiary/aromatic N) is 2. The Bertz CT molecular complexity index is 490. The Morgan fingerprint density at radius 3 is 2.88 bits per heavy atom. The Balaban J connectivity index is 2.09. The molecule has 1 aromatic heterocycles. The molecule has 92 valence electrons. The fourth-order valence-corrected chi connectivity index (χ4v) is 2.61. The van der Waals surface area contributed by atoms with E-state index in [9.17, 15) is 0 Å². The van der Waals surface area contributed by atoms with Crippen molar-refractivity contribution in [2.45, 2.75) is 13.3 Å². The van der Waals surface area contributed by atoms with E-state index in [1.54, 1.807) is 11.3 Å². The lowest BCUT2D eigenvalue weighted by Crippen LogP contribution is -2.20. The van der Waals surface area contributed by atoms with Gasteiger partial charge in [0.25, 0.3) is 0 Å². The summed E-state index contributed by atoms with van der Waals surface area (Å²) in [6.45, 7) is 4.14. The zero-order chi connectivity index (χ0) is 12.3. The number of benzene rings is 1. The van der Waals surface area contributed by atoms with Crippen LogP contribution in [0.4, 0.5) is 5.13 Å². The second-order valence-electron chi connectivity index (χ2n) is 4.40. The lowest BCUT2D eigenvalue weighted by Gasteiger charge is -2.08. The lowest BCUT2D eigenvalue weighted by atomic mass is 10.2. The molecule has 1 heterocycles. The first-order chi connectivity index (χ1) is 8.19. The van der Waals surface area contributed by atoms with Gasteiger partial charge in [0, 0.05) is 13.1 Å². The highest BCUT2D eigenvalue weighted by Crippen LogP contribution is 2.26. The van der Waals surface area contributed by atoms with Crippen molar-refractivity contribution in [3.05, 3.63) is 23.8 Å². The van der Waals surface area contributed by atoms with Gasteiger partial charge in [0.15, 0.2) is 5.13 Å². The third-order valence-corrected chi connectivity index (χ3v) is 3.67. The zero-order valence-electron chi connectivity index (χ0n) is 10.7. The number of thiazole rings is 1. The molecule has 0 aliphatic carbocycles. The Morgan fingerprint density at radius 1 is 1.35 bits per heavy atom. The van der Waals surface area contributed by atoms with Crippen LogP contribution in [0.3, 0.4) is 0 Å². The minimum atomic E-state index is 0.938. The van der Waals surface area contributed by atoms with Crippen LogP contribution in [0.25, 0.3) is 10.2 Å². The number of hydrogen-bond donors (Lipinski definition) is 1. The van der Waals surface area contributed by atoms with Crippen LogP contribution < -0.4 is 5.32 Å². The van der Waals surface area contributed by atoms with Crippen molar-refractivity contribution in [2.75, 3.05) is 32.5 Å². The van der Waals surface area contributed by atoms with E-state index < -0.39 is 0 Å². The van der Waals surface area contributed by atoms with Crippen molar-refractivity contribution < 1.29 is 0 Å². The van der Waals surface area contributed by atoms with E-state index in [4.69, 9.17) is 0 Å². The molecule has 1 N–H and O–H groups in total. The Morgan fingerprint density at radius 2 is 2.18 bits per heavy atom. The Labute approximate surface area is 106 Å². The van der Waals surface area contributed by atoms with Crippen LogP contribution in [-0.2, 0) is 6.42 Å². The number of aromatic nitrogens is 1. The van der Waals surface area contributed by atoms with Crippen LogP contribution in [-0.4, -0.2) is 37.1 Å². The summed E-state index contributed by atoms with van der Waals surface area (Å²) < 4.78 is 1.27. The fourth-order valence-electron chi connectivity index (χ4n) is 1.65. The number of aryl methyl sites for hydroxylation is 1. The molecule has 0 saturated carbocycles. The van der Waals surface area contributed by atoms with Crippen LogP contribution >= 0.6 is 11.3 Å². The molecule has 0 fully saturated rings. The molecule has 0 unspecified atom stereocenters. The van der Waals surface area contributed by atoms with E-state index in [2.05, 4.69) is 54.4 Å². The minimum Gasteiger partial charge on any atom is -0.360 e. The molecular weight excluding hydrogens is 230 g/mol. The van der Waals surface area contributed by atoms with E-state index in [0.717, 1.165) is 30.2 Å². The van der Waals surface area contributed by atoms with E-state index in [-0.39, 0.29) is 0 Å². The normalized spacial score (nSPS) is 11.3. The van der Waals surface area contributed by atoms with Gasteiger partial charge in [-0.2, -0.15) is 0 Å². The average molecular weight is 249 g/mol. The highest BCUT2D eigenvalue weighted by atomic mass is 32.1. The smallest absolute Gasteiger partial charge is 0.183 e. The zero-order valence-corrected chi connectivity index (χ0v) is 11.5. The molecule has 0 spiro atoms. The Kier molecular flexibility index (Phi) is 3.97. The van der Waals surface area contributed by atoms with Gasteiger partial charge in [-0.15, -0.1) is 0 Å². The molecule has 3 nitrogen and oxygen atoms in total. The first-order valence-corrected chi connectivity index (χ1v) is 6.78. The van der Waals surface area contributed by atoms with E-state index in [0.29, 0.717) is 0 Å². The molecule has 2 rings (SSSR count). The highest BCUT2D eigenvalue weighted by Gasteiger charge is 2.03. The molecule has 0 bridgehead atoms. The first kappa shape index (κ1) is 12.3. The maximum absolute atomic E-state index is 4.57. The van der Waals surface area contributed by atoms with Gasteiger partial charge >= 0.3 is 0 Å². The molecule has 0 saturated heterocycles. The quantitative estimate of drug-likeness (QED) is 0.883. The summed E-state index contributed by atoms with van der Waals surface area (Å²) >= 11 is 1.74. The molecule has 4 heteroatoms. The standard InChI is InChI=1S/C13H19N3S/c1-4-10-5-6-11-12(9-10)17-13(15-11)14-7-8-16(2)3/h5-6,9H,4,7-8H2,1-3H3,(H,14,15). The van der Waals surface area contributed by atoms with Crippen LogP contribution in [0.15, 0.2) is 18.2 Å². The van der Waals surface area contributed by atoms with Crippen molar-refractivity contribution in [1.29, 1.82) is 0 Å². The molecule has 17 heavy (non-hydrogen) atoms.